The molecule has 1 saturated heterocycles. The van der Waals surface area contributed by atoms with Crippen molar-refractivity contribution in [2.45, 2.75) is 19.3 Å². The second-order valence-corrected chi connectivity index (χ2v) is 3.09. The second-order valence-electron chi connectivity index (χ2n) is 2.82. The molecule has 0 atom stereocenters. The van der Waals surface area contributed by atoms with Gasteiger partial charge >= 0.3 is 0 Å². The Hall–Kier alpha value is -0.190. The van der Waals surface area contributed by atoms with Crippen molar-refractivity contribution >= 4 is 11.6 Å². The molecule has 1 heterocycles. The lowest BCUT2D eigenvalue weighted by atomic mass is 10.1. The molecule has 1 fully saturated rings. The molecule has 0 saturated carbocycles. The summed E-state index contributed by atoms with van der Waals surface area (Å²) < 4.78 is 0. The van der Waals surface area contributed by atoms with E-state index >= 15 is 0 Å². The van der Waals surface area contributed by atoms with Gasteiger partial charge in [-0.1, -0.05) is 18.3 Å². The van der Waals surface area contributed by atoms with Gasteiger partial charge in [-0.05, 0) is 25.9 Å². The number of rotatable bonds is 1. The lowest BCUT2D eigenvalue weighted by Crippen LogP contribution is -2.29. The molecule has 0 aromatic heterocycles. The lowest BCUT2D eigenvalue weighted by Gasteiger charge is -2.23. The number of hydrogen-bond donors (Lipinski definition) is 0. The van der Waals surface area contributed by atoms with E-state index in [2.05, 4.69) is 16.7 Å². The first-order chi connectivity index (χ1) is 5.43. The van der Waals surface area contributed by atoms with Crippen molar-refractivity contribution in [1.82, 2.24) is 4.90 Å². The first-order valence-electron chi connectivity index (χ1n) is 4.17. The van der Waals surface area contributed by atoms with E-state index in [1.165, 1.54) is 32.4 Å². The van der Waals surface area contributed by atoms with E-state index < -0.39 is 0 Å². The van der Waals surface area contributed by atoms with Crippen LogP contribution >= 0.6 is 11.6 Å². The summed E-state index contributed by atoms with van der Waals surface area (Å²) in [6.45, 7) is 3.35. The summed E-state index contributed by atoms with van der Waals surface area (Å²) in [5.41, 5.74) is 0. The molecule has 0 amide bonds. The van der Waals surface area contributed by atoms with E-state index in [-0.39, 0.29) is 0 Å². The fraction of sp³-hybridized carbons (Fsp3) is 0.778. The lowest BCUT2D eigenvalue weighted by molar-refractivity contribution is 0.255. The topological polar surface area (TPSA) is 3.24 Å². The van der Waals surface area contributed by atoms with Gasteiger partial charge in [0.1, 0.15) is 0 Å². The molecule has 1 aliphatic heterocycles. The number of alkyl halides is 1. The Labute approximate surface area is 73.7 Å². The van der Waals surface area contributed by atoms with Crippen molar-refractivity contribution < 1.29 is 0 Å². The van der Waals surface area contributed by atoms with Crippen LogP contribution in [-0.2, 0) is 0 Å². The second kappa shape index (κ2) is 5.46. The van der Waals surface area contributed by atoms with E-state index in [0.29, 0.717) is 5.88 Å². The van der Waals surface area contributed by atoms with Crippen LogP contribution in [0.1, 0.15) is 19.3 Å². The Morgan fingerprint density at radius 3 is 2.45 bits per heavy atom. The van der Waals surface area contributed by atoms with Crippen LogP contribution in [0.3, 0.4) is 0 Å². The van der Waals surface area contributed by atoms with Gasteiger partial charge < -0.3 is 0 Å². The summed E-state index contributed by atoms with van der Waals surface area (Å²) >= 11 is 5.43. The minimum atomic E-state index is 0.466. The molecule has 62 valence electrons. The Bertz CT molecular complexity index is 151. The van der Waals surface area contributed by atoms with Crippen molar-refractivity contribution in [1.29, 1.82) is 0 Å². The zero-order valence-electron chi connectivity index (χ0n) is 6.77. The number of halogens is 1. The van der Waals surface area contributed by atoms with Gasteiger partial charge in [0.15, 0.2) is 0 Å². The smallest absolute Gasteiger partial charge is 0.0835 e. The van der Waals surface area contributed by atoms with Gasteiger partial charge in [-0.2, -0.15) is 0 Å². The summed E-state index contributed by atoms with van der Waals surface area (Å²) in [4.78, 5) is 2.39. The predicted molar refractivity (Wildman–Crippen MR) is 48.8 cm³/mol. The highest BCUT2D eigenvalue weighted by molar-refractivity contribution is 6.19. The van der Waals surface area contributed by atoms with Crippen LogP contribution in [0.15, 0.2) is 0 Å². The van der Waals surface area contributed by atoms with Crippen molar-refractivity contribution in [2.24, 2.45) is 0 Å². The molecule has 0 bridgehead atoms. The van der Waals surface area contributed by atoms with Crippen molar-refractivity contribution in [2.75, 3.05) is 25.5 Å². The largest absolute Gasteiger partial charge is 0.292 e. The highest BCUT2D eigenvalue weighted by Crippen LogP contribution is 2.06. The highest BCUT2D eigenvalue weighted by atomic mass is 35.5. The van der Waals surface area contributed by atoms with Crippen LogP contribution in [0.2, 0.25) is 0 Å². The van der Waals surface area contributed by atoms with Crippen LogP contribution < -0.4 is 0 Å². The zero-order valence-corrected chi connectivity index (χ0v) is 7.53. The molecule has 0 aromatic carbocycles. The van der Waals surface area contributed by atoms with Gasteiger partial charge in [0.2, 0.25) is 0 Å². The molecule has 0 aromatic rings. The number of piperidine rings is 1. The molecule has 0 aliphatic carbocycles. The minimum Gasteiger partial charge on any atom is -0.292 e. The first kappa shape index (κ1) is 8.90. The maximum absolute atomic E-state index is 5.43. The summed E-state index contributed by atoms with van der Waals surface area (Å²) in [5.74, 6) is 6.38. The van der Waals surface area contributed by atoms with Crippen LogP contribution in [0.25, 0.3) is 0 Å². The van der Waals surface area contributed by atoms with Gasteiger partial charge in [0.05, 0.1) is 12.4 Å². The Kier molecular flexibility index (Phi) is 4.42. The molecule has 1 rings (SSSR count). The SMILES string of the molecule is ClCC#CCN1CCCCC1. The van der Waals surface area contributed by atoms with Gasteiger partial charge in [-0.25, -0.2) is 0 Å². The molecular weight excluding hydrogens is 158 g/mol. The highest BCUT2D eigenvalue weighted by Gasteiger charge is 2.06. The van der Waals surface area contributed by atoms with E-state index in [4.69, 9.17) is 11.6 Å². The summed E-state index contributed by atoms with van der Waals surface area (Å²) in [7, 11) is 0. The normalized spacial score (nSPS) is 19.0. The van der Waals surface area contributed by atoms with E-state index in [0.717, 1.165) is 6.54 Å². The molecule has 2 heteroatoms. The van der Waals surface area contributed by atoms with Crippen LogP contribution in [0.4, 0.5) is 0 Å². The van der Waals surface area contributed by atoms with Crippen molar-refractivity contribution in [3.8, 4) is 11.8 Å². The van der Waals surface area contributed by atoms with Crippen LogP contribution in [-0.4, -0.2) is 30.4 Å². The van der Waals surface area contributed by atoms with Crippen molar-refractivity contribution in [3.05, 3.63) is 0 Å². The molecular formula is C9H14ClN. The van der Waals surface area contributed by atoms with E-state index in [9.17, 15) is 0 Å². The molecule has 0 radical (unpaired) electrons. The summed E-state index contributed by atoms with van der Waals surface area (Å²) in [5, 5.41) is 0. The fourth-order valence-electron chi connectivity index (χ4n) is 1.33. The molecule has 1 nitrogen and oxygen atoms in total. The van der Waals surface area contributed by atoms with Crippen LogP contribution in [0, 0.1) is 11.8 Å². The number of hydrogen-bond acceptors (Lipinski definition) is 1. The van der Waals surface area contributed by atoms with E-state index in [1.54, 1.807) is 0 Å². The predicted octanol–water partition coefficient (Wildman–Crippen LogP) is 1.71. The molecule has 11 heavy (non-hydrogen) atoms. The number of likely N-dealkylation sites (tertiary alicyclic amines) is 1. The van der Waals surface area contributed by atoms with Gasteiger partial charge in [0.25, 0.3) is 0 Å². The Morgan fingerprint density at radius 1 is 1.09 bits per heavy atom. The Morgan fingerprint density at radius 2 is 1.82 bits per heavy atom. The maximum Gasteiger partial charge on any atom is 0.0835 e. The zero-order chi connectivity index (χ0) is 7.94. The first-order valence-corrected chi connectivity index (χ1v) is 4.71. The standard InChI is InChI=1S/C9H14ClN/c10-6-2-5-9-11-7-3-1-4-8-11/h1,3-4,6-9H2. The third-order valence-corrected chi connectivity index (χ3v) is 2.08. The Balaban J connectivity index is 2.14. The minimum absolute atomic E-state index is 0.466. The van der Waals surface area contributed by atoms with Crippen molar-refractivity contribution in [3.63, 3.8) is 0 Å². The monoisotopic (exact) mass is 171 g/mol. The summed E-state index contributed by atoms with van der Waals surface area (Å²) in [6.07, 6.45) is 4.06. The van der Waals surface area contributed by atoms with Crippen LogP contribution in [0.5, 0.6) is 0 Å². The third kappa shape index (κ3) is 3.65. The number of nitrogens with zero attached hydrogens (tertiary/aromatic N) is 1. The molecule has 1 aliphatic rings. The van der Waals surface area contributed by atoms with Gasteiger partial charge in [-0.3, -0.25) is 4.90 Å². The average Bonchev–Trinajstić information content (AvgIpc) is 2.07. The van der Waals surface area contributed by atoms with E-state index in [1.807, 2.05) is 0 Å². The third-order valence-electron chi connectivity index (χ3n) is 1.94. The summed E-state index contributed by atoms with van der Waals surface area (Å²) in [6, 6.07) is 0. The van der Waals surface area contributed by atoms with Gasteiger partial charge in [0, 0.05) is 0 Å². The maximum atomic E-state index is 5.43. The molecule has 0 spiro atoms. The molecule has 0 unspecified atom stereocenters. The molecule has 0 N–H and O–H groups in total. The average molecular weight is 172 g/mol. The quantitative estimate of drug-likeness (QED) is 0.429. The fourth-order valence-corrected chi connectivity index (χ4v) is 1.43. The van der Waals surface area contributed by atoms with Gasteiger partial charge in [-0.15, -0.1) is 11.6 Å².